The Hall–Kier alpha value is -5.90. The van der Waals surface area contributed by atoms with Gasteiger partial charge in [-0.1, -0.05) is 115 Å². The number of thiophene rings is 1. The third kappa shape index (κ3) is 4.04. The lowest BCUT2D eigenvalue weighted by atomic mass is 10.0. The highest BCUT2D eigenvalue weighted by Crippen LogP contribution is 2.44. The van der Waals surface area contributed by atoms with E-state index in [1.54, 1.807) is 0 Å². The van der Waals surface area contributed by atoms with Crippen molar-refractivity contribution < 1.29 is 0 Å². The molecule has 0 aliphatic carbocycles. The molecule has 10 rings (SSSR count). The van der Waals surface area contributed by atoms with Crippen LogP contribution in [-0.2, 0) is 0 Å². The van der Waals surface area contributed by atoms with Crippen molar-refractivity contribution in [1.29, 1.82) is 0 Å². The summed E-state index contributed by atoms with van der Waals surface area (Å²) in [5, 5.41) is 10.3. The number of anilines is 3. The van der Waals surface area contributed by atoms with Crippen molar-refractivity contribution in [3.05, 3.63) is 170 Å². The van der Waals surface area contributed by atoms with Gasteiger partial charge in [-0.3, -0.25) is 0 Å². The second-order valence-corrected chi connectivity index (χ2v) is 13.2. The monoisotopic (exact) mass is 616 g/mol. The predicted octanol–water partition coefficient (Wildman–Crippen LogP) is 12.9. The van der Waals surface area contributed by atoms with Crippen LogP contribution in [0.5, 0.6) is 0 Å². The molecule has 0 bridgehead atoms. The van der Waals surface area contributed by atoms with Crippen LogP contribution in [0.15, 0.2) is 170 Å². The van der Waals surface area contributed by atoms with Crippen LogP contribution in [-0.4, -0.2) is 4.57 Å². The highest BCUT2D eigenvalue weighted by Gasteiger charge is 2.19. The maximum atomic E-state index is 2.42. The van der Waals surface area contributed by atoms with E-state index < -0.39 is 0 Å². The first-order valence-corrected chi connectivity index (χ1v) is 16.8. The molecule has 8 aromatic carbocycles. The molecule has 220 valence electrons. The van der Waals surface area contributed by atoms with Crippen LogP contribution in [0.3, 0.4) is 0 Å². The van der Waals surface area contributed by atoms with Gasteiger partial charge in [0, 0.05) is 53.7 Å². The van der Waals surface area contributed by atoms with Gasteiger partial charge in [0.25, 0.3) is 0 Å². The zero-order chi connectivity index (χ0) is 30.9. The average Bonchev–Trinajstić information content (AvgIpc) is 3.68. The lowest BCUT2D eigenvalue weighted by Crippen LogP contribution is -2.09. The summed E-state index contributed by atoms with van der Waals surface area (Å²) in [5.74, 6) is 0. The third-order valence-electron chi connectivity index (χ3n) is 9.53. The highest BCUT2D eigenvalue weighted by molar-refractivity contribution is 7.26. The number of rotatable bonds is 4. The summed E-state index contributed by atoms with van der Waals surface area (Å²) in [5.41, 5.74) is 6.96. The molecule has 0 N–H and O–H groups in total. The molecule has 0 atom stereocenters. The number of para-hydroxylation sites is 2. The molecule has 2 aromatic heterocycles. The van der Waals surface area contributed by atoms with Gasteiger partial charge in [-0.05, 0) is 76.1 Å². The fourth-order valence-corrected chi connectivity index (χ4v) is 8.70. The molecule has 0 saturated heterocycles. The number of hydrogen-bond acceptors (Lipinski definition) is 2. The SMILES string of the molecule is c1ccc(N(c2ccc3c(c2)sc2c4ccccc4ccc32)c2ccc3c4c5ccccc5ccc4n(-c4ccccc4)c3c2)cc1. The second kappa shape index (κ2) is 10.3. The number of fused-ring (bicyclic) bond motifs is 10. The molecule has 0 unspecified atom stereocenters. The van der Waals surface area contributed by atoms with Gasteiger partial charge in [0.05, 0.1) is 11.0 Å². The summed E-state index contributed by atoms with van der Waals surface area (Å²) in [6, 6.07) is 61.9. The van der Waals surface area contributed by atoms with E-state index >= 15 is 0 Å². The van der Waals surface area contributed by atoms with Crippen molar-refractivity contribution in [2.24, 2.45) is 0 Å². The Bertz CT molecular complexity index is 2790. The van der Waals surface area contributed by atoms with E-state index in [9.17, 15) is 0 Å². The normalized spacial score (nSPS) is 11.8. The maximum absolute atomic E-state index is 2.42. The molecule has 0 radical (unpaired) electrons. The quantitative estimate of drug-likeness (QED) is 0.191. The van der Waals surface area contributed by atoms with Gasteiger partial charge >= 0.3 is 0 Å². The van der Waals surface area contributed by atoms with Crippen molar-refractivity contribution >= 4 is 91.9 Å². The van der Waals surface area contributed by atoms with E-state index in [4.69, 9.17) is 0 Å². The van der Waals surface area contributed by atoms with Crippen LogP contribution >= 0.6 is 11.3 Å². The maximum Gasteiger partial charge on any atom is 0.0562 e. The Labute approximate surface area is 276 Å². The van der Waals surface area contributed by atoms with Gasteiger partial charge in [0.1, 0.15) is 0 Å². The Morgan fingerprint density at radius 2 is 1.02 bits per heavy atom. The van der Waals surface area contributed by atoms with Crippen LogP contribution in [0.4, 0.5) is 17.1 Å². The van der Waals surface area contributed by atoms with Crippen LogP contribution in [0.1, 0.15) is 0 Å². The first-order valence-electron chi connectivity index (χ1n) is 16.0. The Morgan fingerprint density at radius 3 is 1.83 bits per heavy atom. The number of nitrogens with zero attached hydrogens (tertiary/aromatic N) is 2. The Balaban J connectivity index is 1.24. The van der Waals surface area contributed by atoms with Gasteiger partial charge in [0.2, 0.25) is 0 Å². The molecule has 0 amide bonds. The molecular formula is C44H28N2S. The van der Waals surface area contributed by atoms with Gasteiger partial charge in [0.15, 0.2) is 0 Å². The molecule has 47 heavy (non-hydrogen) atoms. The van der Waals surface area contributed by atoms with Crippen molar-refractivity contribution in [1.82, 2.24) is 4.57 Å². The van der Waals surface area contributed by atoms with E-state index in [0.29, 0.717) is 0 Å². The number of benzene rings is 8. The van der Waals surface area contributed by atoms with Gasteiger partial charge in [-0.15, -0.1) is 11.3 Å². The topological polar surface area (TPSA) is 8.17 Å². The third-order valence-corrected chi connectivity index (χ3v) is 10.7. The molecule has 0 saturated carbocycles. The lowest BCUT2D eigenvalue weighted by Gasteiger charge is -2.26. The molecule has 0 aliphatic heterocycles. The highest BCUT2D eigenvalue weighted by atomic mass is 32.1. The largest absolute Gasteiger partial charge is 0.310 e. The summed E-state index contributed by atoms with van der Waals surface area (Å²) < 4.78 is 5.06. The average molecular weight is 617 g/mol. The molecule has 0 spiro atoms. The van der Waals surface area contributed by atoms with E-state index in [1.807, 2.05) is 11.3 Å². The molecular weight excluding hydrogens is 589 g/mol. The summed E-state index contributed by atoms with van der Waals surface area (Å²) in [6.07, 6.45) is 0. The fourth-order valence-electron chi connectivity index (χ4n) is 7.43. The van der Waals surface area contributed by atoms with Crippen LogP contribution in [0.2, 0.25) is 0 Å². The summed E-state index contributed by atoms with van der Waals surface area (Å²) in [6.45, 7) is 0. The minimum absolute atomic E-state index is 1.12. The van der Waals surface area contributed by atoms with Crippen molar-refractivity contribution in [2.75, 3.05) is 4.90 Å². The van der Waals surface area contributed by atoms with Crippen molar-refractivity contribution in [3.63, 3.8) is 0 Å². The fraction of sp³-hybridized carbons (Fsp3) is 0. The predicted molar refractivity (Wildman–Crippen MR) is 203 cm³/mol. The van der Waals surface area contributed by atoms with Crippen LogP contribution < -0.4 is 4.90 Å². The smallest absolute Gasteiger partial charge is 0.0562 e. The minimum Gasteiger partial charge on any atom is -0.310 e. The molecule has 0 fully saturated rings. The van der Waals surface area contributed by atoms with Gasteiger partial charge in [-0.25, -0.2) is 0 Å². The zero-order valence-corrected chi connectivity index (χ0v) is 26.3. The minimum atomic E-state index is 1.12. The second-order valence-electron chi connectivity index (χ2n) is 12.2. The standard InChI is InChI=1S/C44H28N2S/c1-3-13-31(14-4-1)45(34-21-24-37-38-23-19-30-12-8-10-18-36(30)44(38)47-42(37)28-34)33-22-25-39-41(27-33)46(32-15-5-2-6-16-32)40-26-20-29-11-7-9-17-35(29)43(39)40/h1-28H. The molecule has 0 aliphatic rings. The molecule has 3 heteroatoms. The molecule has 2 nitrogen and oxygen atoms in total. The number of aromatic nitrogens is 1. The van der Waals surface area contributed by atoms with E-state index in [0.717, 1.165) is 22.7 Å². The summed E-state index contributed by atoms with van der Waals surface area (Å²) in [4.78, 5) is 2.40. The van der Waals surface area contributed by atoms with Crippen LogP contribution in [0, 0.1) is 0 Å². The number of hydrogen-bond donors (Lipinski definition) is 0. The van der Waals surface area contributed by atoms with Crippen molar-refractivity contribution in [3.8, 4) is 5.69 Å². The molecule has 10 aromatic rings. The Kier molecular flexibility index (Phi) is 5.78. The van der Waals surface area contributed by atoms with E-state index in [-0.39, 0.29) is 0 Å². The first kappa shape index (κ1) is 26.3. The Morgan fingerprint density at radius 1 is 0.404 bits per heavy atom. The van der Waals surface area contributed by atoms with Gasteiger partial charge < -0.3 is 9.47 Å². The zero-order valence-electron chi connectivity index (χ0n) is 25.5. The summed E-state index contributed by atoms with van der Waals surface area (Å²) in [7, 11) is 0. The summed E-state index contributed by atoms with van der Waals surface area (Å²) >= 11 is 1.89. The van der Waals surface area contributed by atoms with Crippen LogP contribution in [0.25, 0.3) is 69.2 Å². The van der Waals surface area contributed by atoms with Gasteiger partial charge in [-0.2, -0.15) is 0 Å². The lowest BCUT2D eigenvalue weighted by molar-refractivity contribution is 1.18. The van der Waals surface area contributed by atoms with E-state index in [2.05, 4.69) is 179 Å². The van der Waals surface area contributed by atoms with Crippen molar-refractivity contribution in [2.45, 2.75) is 0 Å². The first-order chi connectivity index (χ1) is 23.3. The van der Waals surface area contributed by atoms with E-state index in [1.165, 1.54) is 63.5 Å². The molecule has 2 heterocycles.